The number of benzene rings is 1. The molecule has 2 heterocycles. The van der Waals surface area contributed by atoms with E-state index in [2.05, 4.69) is 4.98 Å². The van der Waals surface area contributed by atoms with E-state index in [-0.39, 0.29) is 5.91 Å². The van der Waals surface area contributed by atoms with E-state index in [0.29, 0.717) is 25.9 Å². The third-order valence-electron chi connectivity index (χ3n) is 4.24. The molecule has 0 radical (unpaired) electrons. The fraction of sp³-hybridized carbons (Fsp3) is 0.375. The highest BCUT2D eigenvalue weighted by Crippen LogP contribution is 2.23. The maximum absolute atomic E-state index is 12.3. The van der Waals surface area contributed by atoms with Gasteiger partial charge in [-0.05, 0) is 24.5 Å². The number of amides is 1. The number of nitrogens with one attached hydrogen (secondary N) is 1. The number of carbonyl (C=O) groups is 2. The van der Waals surface area contributed by atoms with E-state index in [1.54, 1.807) is 4.90 Å². The van der Waals surface area contributed by atoms with Crippen LogP contribution in [-0.2, 0) is 16.0 Å². The zero-order valence-electron chi connectivity index (χ0n) is 11.9. The summed E-state index contributed by atoms with van der Waals surface area (Å²) in [7, 11) is 0. The first-order valence-corrected chi connectivity index (χ1v) is 7.12. The Balaban J connectivity index is 1.75. The van der Waals surface area contributed by atoms with Gasteiger partial charge in [-0.2, -0.15) is 0 Å². The molecule has 3 rings (SSSR count). The number of aryl methyl sites for hydroxylation is 1. The van der Waals surface area contributed by atoms with Crippen LogP contribution in [0.15, 0.2) is 24.4 Å². The van der Waals surface area contributed by atoms with Crippen LogP contribution in [0.1, 0.15) is 17.5 Å². The molecule has 0 saturated carbocycles. The molecule has 5 nitrogen and oxygen atoms in total. The van der Waals surface area contributed by atoms with E-state index in [4.69, 9.17) is 5.11 Å². The van der Waals surface area contributed by atoms with Crippen molar-refractivity contribution in [3.05, 3.63) is 35.5 Å². The summed E-state index contributed by atoms with van der Waals surface area (Å²) in [5.41, 5.74) is 3.18. The Bertz CT molecular complexity index is 705. The Kier molecular flexibility index (Phi) is 3.41. The fourth-order valence-electron chi connectivity index (χ4n) is 2.97. The SMILES string of the molecule is Cc1cccc2c(CC(=O)N3CCC(C(=O)O)C3)c[nH]c12. The van der Waals surface area contributed by atoms with Crippen molar-refractivity contribution >= 4 is 22.8 Å². The molecule has 21 heavy (non-hydrogen) atoms. The zero-order valence-corrected chi connectivity index (χ0v) is 11.9. The predicted molar refractivity (Wildman–Crippen MR) is 79.1 cm³/mol. The van der Waals surface area contributed by atoms with Crippen LogP contribution in [0.5, 0.6) is 0 Å². The summed E-state index contributed by atoms with van der Waals surface area (Å²) in [6.07, 6.45) is 2.74. The van der Waals surface area contributed by atoms with Gasteiger partial charge in [-0.3, -0.25) is 9.59 Å². The van der Waals surface area contributed by atoms with E-state index in [1.807, 2.05) is 31.3 Å². The van der Waals surface area contributed by atoms with Gasteiger partial charge < -0.3 is 15.0 Å². The molecule has 1 atom stereocenters. The summed E-state index contributed by atoms with van der Waals surface area (Å²) in [4.78, 5) is 28.2. The van der Waals surface area contributed by atoms with Crippen molar-refractivity contribution in [2.24, 2.45) is 5.92 Å². The van der Waals surface area contributed by atoms with Crippen LogP contribution in [0.2, 0.25) is 0 Å². The number of para-hydroxylation sites is 1. The highest BCUT2D eigenvalue weighted by molar-refractivity contribution is 5.90. The van der Waals surface area contributed by atoms with Gasteiger partial charge >= 0.3 is 5.97 Å². The Morgan fingerprint density at radius 1 is 1.43 bits per heavy atom. The molecule has 1 unspecified atom stereocenters. The lowest BCUT2D eigenvalue weighted by atomic mass is 10.1. The number of rotatable bonds is 3. The molecule has 1 amide bonds. The van der Waals surface area contributed by atoms with Crippen LogP contribution in [0, 0.1) is 12.8 Å². The third kappa shape index (κ3) is 2.51. The number of carboxylic acids is 1. The van der Waals surface area contributed by atoms with Crippen molar-refractivity contribution in [2.75, 3.05) is 13.1 Å². The summed E-state index contributed by atoms with van der Waals surface area (Å²) >= 11 is 0. The van der Waals surface area contributed by atoms with Crippen LogP contribution in [0.4, 0.5) is 0 Å². The van der Waals surface area contributed by atoms with E-state index in [1.165, 1.54) is 0 Å². The second-order valence-corrected chi connectivity index (χ2v) is 5.65. The maximum Gasteiger partial charge on any atom is 0.308 e. The van der Waals surface area contributed by atoms with E-state index in [9.17, 15) is 9.59 Å². The van der Waals surface area contributed by atoms with Crippen molar-refractivity contribution in [2.45, 2.75) is 19.8 Å². The molecule has 5 heteroatoms. The van der Waals surface area contributed by atoms with Crippen LogP contribution < -0.4 is 0 Å². The molecule has 1 aliphatic rings. The van der Waals surface area contributed by atoms with Gasteiger partial charge in [0.05, 0.1) is 12.3 Å². The highest BCUT2D eigenvalue weighted by Gasteiger charge is 2.30. The average molecular weight is 286 g/mol. The zero-order chi connectivity index (χ0) is 15.0. The first-order chi connectivity index (χ1) is 10.1. The maximum atomic E-state index is 12.3. The van der Waals surface area contributed by atoms with Gasteiger partial charge in [0, 0.05) is 30.2 Å². The van der Waals surface area contributed by atoms with Gasteiger partial charge in [-0.1, -0.05) is 18.2 Å². The molecule has 1 aromatic carbocycles. The molecule has 0 bridgehead atoms. The minimum atomic E-state index is -0.812. The van der Waals surface area contributed by atoms with Gasteiger partial charge in [0.2, 0.25) is 5.91 Å². The van der Waals surface area contributed by atoms with Gasteiger partial charge in [0.25, 0.3) is 0 Å². The van der Waals surface area contributed by atoms with Crippen LogP contribution in [0.25, 0.3) is 10.9 Å². The molecule has 110 valence electrons. The number of carbonyl (C=O) groups excluding carboxylic acids is 1. The van der Waals surface area contributed by atoms with Gasteiger partial charge in [-0.15, -0.1) is 0 Å². The van der Waals surface area contributed by atoms with Gasteiger partial charge in [0.15, 0.2) is 0 Å². The van der Waals surface area contributed by atoms with Crippen molar-refractivity contribution in [3.8, 4) is 0 Å². The largest absolute Gasteiger partial charge is 0.481 e. The van der Waals surface area contributed by atoms with Gasteiger partial charge in [0.1, 0.15) is 0 Å². The summed E-state index contributed by atoms with van der Waals surface area (Å²) in [5.74, 6) is -1.23. The van der Waals surface area contributed by atoms with Crippen molar-refractivity contribution in [3.63, 3.8) is 0 Å². The Labute approximate surface area is 122 Å². The second-order valence-electron chi connectivity index (χ2n) is 5.65. The normalized spacial score (nSPS) is 18.3. The third-order valence-corrected chi connectivity index (χ3v) is 4.24. The lowest BCUT2D eigenvalue weighted by molar-refractivity contribution is -0.141. The van der Waals surface area contributed by atoms with E-state index < -0.39 is 11.9 Å². The lowest BCUT2D eigenvalue weighted by Gasteiger charge is -2.15. The minimum absolute atomic E-state index is 0.00107. The minimum Gasteiger partial charge on any atom is -0.481 e. The number of hydrogen-bond acceptors (Lipinski definition) is 2. The predicted octanol–water partition coefficient (Wildman–Crippen LogP) is 1.95. The fourth-order valence-corrected chi connectivity index (χ4v) is 2.97. The number of aromatic nitrogens is 1. The highest BCUT2D eigenvalue weighted by atomic mass is 16.4. The van der Waals surface area contributed by atoms with Crippen molar-refractivity contribution < 1.29 is 14.7 Å². The summed E-state index contributed by atoms with van der Waals surface area (Å²) in [6, 6.07) is 6.02. The Hall–Kier alpha value is -2.30. The van der Waals surface area contributed by atoms with E-state index in [0.717, 1.165) is 22.0 Å². The van der Waals surface area contributed by atoms with Crippen LogP contribution >= 0.6 is 0 Å². The summed E-state index contributed by atoms with van der Waals surface area (Å²) in [5, 5.41) is 10.1. The number of hydrogen-bond donors (Lipinski definition) is 2. The van der Waals surface area contributed by atoms with Crippen molar-refractivity contribution in [1.29, 1.82) is 0 Å². The number of likely N-dealkylation sites (tertiary alicyclic amines) is 1. The van der Waals surface area contributed by atoms with E-state index >= 15 is 0 Å². The molecule has 1 aliphatic heterocycles. The monoisotopic (exact) mass is 286 g/mol. The number of H-pyrrole nitrogens is 1. The average Bonchev–Trinajstić information content (AvgIpc) is 3.07. The van der Waals surface area contributed by atoms with Crippen LogP contribution in [-0.4, -0.2) is 40.0 Å². The lowest BCUT2D eigenvalue weighted by Crippen LogP contribution is -2.31. The quantitative estimate of drug-likeness (QED) is 0.905. The first-order valence-electron chi connectivity index (χ1n) is 7.12. The molecule has 0 aliphatic carbocycles. The Morgan fingerprint density at radius 3 is 2.95 bits per heavy atom. The molecule has 0 spiro atoms. The molecular formula is C16H18N2O3. The first kappa shape index (κ1) is 13.7. The molecule has 2 aromatic rings. The summed E-state index contributed by atoms with van der Waals surface area (Å²) in [6.45, 7) is 2.90. The smallest absolute Gasteiger partial charge is 0.308 e. The molecule has 1 aromatic heterocycles. The van der Waals surface area contributed by atoms with Crippen molar-refractivity contribution in [1.82, 2.24) is 9.88 Å². The number of aliphatic carboxylic acids is 1. The number of nitrogens with zero attached hydrogens (tertiary/aromatic N) is 1. The molecular weight excluding hydrogens is 268 g/mol. The second kappa shape index (κ2) is 5.24. The molecule has 1 fully saturated rings. The number of fused-ring (bicyclic) bond motifs is 1. The van der Waals surface area contributed by atoms with Gasteiger partial charge in [-0.25, -0.2) is 0 Å². The Morgan fingerprint density at radius 2 is 2.24 bits per heavy atom. The number of aromatic amines is 1. The standard InChI is InChI=1S/C16H18N2O3/c1-10-3-2-4-13-12(8-17-15(10)13)7-14(19)18-6-5-11(9-18)16(20)21/h2-4,8,11,17H,5-7,9H2,1H3,(H,20,21). The summed E-state index contributed by atoms with van der Waals surface area (Å²) < 4.78 is 0. The topological polar surface area (TPSA) is 73.4 Å². The number of carboxylic acid groups (broad SMARTS) is 1. The molecule has 2 N–H and O–H groups in total. The molecule has 1 saturated heterocycles. The van der Waals surface area contributed by atoms with Crippen LogP contribution in [0.3, 0.4) is 0 Å².